The molecule has 0 unspecified atom stereocenters. The lowest BCUT2D eigenvalue weighted by molar-refractivity contribution is -0.134. The van der Waals surface area contributed by atoms with Gasteiger partial charge in [-0.25, -0.2) is 4.98 Å². The van der Waals surface area contributed by atoms with E-state index in [4.69, 9.17) is 0 Å². The zero-order valence-electron chi connectivity index (χ0n) is 35.4. The van der Waals surface area contributed by atoms with E-state index in [2.05, 4.69) is 57.5 Å². The molecule has 19 nitrogen and oxygen atoms in total. The van der Waals surface area contributed by atoms with Crippen LogP contribution >= 0.6 is 0 Å². The normalized spacial score (nSPS) is 20.2. The van der Waals surface area contributed by atoms with Gasteiger partial charge in [-0.3, -0.25) is 38.4 Å². The third-order valence-electron chi connectivity index (χ3n) is 10.7. The Labute approximate surface area is 368 Å². The number of para-hydroxylation sites is 1. The Morgan fingerprint density at radius 1 is 0.703 bits per heavy atom. The molecule has 3 heterocycles. The summed E-state index contributed by atoms with van der Waals surface area (Å²) in [4.78, 5) is 117. The van der Waals surface area contributed by atoms with Crippen molar-refractivity contribution in [2.24, 2.45) is 0 Å². The van der Waals surface area contributed by atoms with Crippen LogP contribution in [0.3, 0.4) is 0 Å². The van der Waals surface area contributed by atoms with Crippen LogP contribution in [0.15, 0.2) is 85.5 Å². The molecule has 1 aliphatic heterocycles. The summed E-state index contributed by atoms with van der Waals surface area (Å²) < 4.78 is 0. The number of benzene rings is 3. The number of imidazole rings is 1. The second-order valence-electron chi connectivity index (χ2n) is 15.6. The molecule has 8 amide bonds. The lowest BCUT2D eigenvalue weighted by atomic mass is 10.0. The summed E-state index contributed by atoms with van der Waals surface area (Å²) >= 11 is 0. The summed E-state index contributed by atoms with van der Waals surface area (Å²) in [7, 11) is 0. The summed E-state index contributed by atoms with van der Waals surface area (Å²) in [5.41, 5.74) is 2.73. The molecule has 336 valence electrons. The van der Waals surface area contributed by atoms with Crippen LogP contribution in [0.1, 0.15) is 49.4 Å². The highest BCUT2D eigenvalue weighted by Gasteiger charge is 2.32. The molecule has 3 aromatic carbocycles. The predicted octanol–water partition coefficient (Wildman–Crippen LogP) is 0.0700. The minimum absolute atomic E-state index is 0.0182. The third kappa shape index (κ3) is 13.5. The Kier molecular flexibility index (Phi) is 16.2. The van der Waals surface area contributed by atoms with Crippen molar-refractivity contribution in [1.29, 1.82) is 0 Å². The zero-order chi connectivity index (χ0) is 45.4. The van der Waals surface area contributed by atoms with E-state index in [1.807, 2.05) is 66.7 Å². The molecular weight excluding hydrogens is 823 g/mol. The van der Waals surface area contributed by atoms with Crippen LogP contribution < -0.4 is 42.5 Å². The lowest BCUT2D eigenvalue weighted by Gasteiger charge is -2.25. The Balaban J connectivity index is 1.27. The van der Waals surface area contributed by atoms with Crippen molar-refractivity contribution in [3.63, 3.8) is 0 Å². The van der Waals surface area contributed by atoms with Crippen LogP contribution in [-0.4, -0.2) is 113 Å². The number of carbonyl (C=O) groups is 8. The number of fused-ring (bicyclic) bond motifs is 2. The van der Waals surface area contributed by atoms with E-state index in [-0.39, 0.29) is 45.2 Å². The van der Waals surface area contributed by atoms with E-state index in [0.29, 0.717) is 24.1 Å². The summed E-state index contributed by atoms with van der Waals surface area (Å²) in [6.45, 7) is 0.749. The number of aromatic nitrogens is 3. The van der Waals surface area contributed by atoms with E-state index in [1.54, 1.807) is 6.20 Å². The van der Waals surface area contributed by atoms with Crippen molar-refractivity contribution >= 4 is 68.9 Å². The summed E-state index contributed by atoms with van der Waals surface area (Å²) in [5, 5.41) is 24.1. The lowest BCUT2D eigenvalue weighted by Crippen LogP contribution is -2.58. The van der Waals surface area contributed by atoms with Gasteiger partial charge in [0.15, 0.2) is 0 Å². The Morgan fingerprint density at radius 2 is 1.41 bits per heavy atom. The van der Waals surface area contributed by atoms with Crippen LogP contribution in [-0.2, 0) is 57.6 Å². The molecule has 0 radical (unpaired) electrons. The first-order chi connectivity index (χ1) is 30.9. The quantitative estimate of drug-likeness (QED) is 0.0959. The van der Waals surface area contributed by atoms with E-state index in [9.17, 15) is 38.4 Å². The number of rotatable bonds is 9. The van der Waals surface area contributed by atoms with Gasteiger partial charge in [0, 0.05) is 69.0 Å². The maximum absolute atomic E-state index is 14.3. The van der Waals surface area contributed by atoms with Crippen LogP contribution in [0.2, 0.25) is 0 Å². The van der Waals surface area contributed by atoms with Gasteiger partial charge in [-0.2, -0.15) is 0 Å². The molecule has 1 saturated heterocycles. The molecule has 1 aliphatic rings. The van der Waals surface area contributed by atoms with Crippen molar-refractivity contribution in [2.45, 2.75) is 76.0 Å². The minimum Gasteiger partial charge on any atom is -0.361 e. The van der Waals surface area contributed by atoms with E-state index in [0.717, 1.165) is 27.2 Å². The molecular formula is C45H53N11O8. The largest absolute Gasteiger partial charge is 0.361 e. The number of carbonyl (C=O) groups excluding carboxylic acids is 8. The predicted molar refractivity (Wildman–Crippen MR) is 236 cm³/mol. The van der Waals surface area contributed by atoms with E-state index in [1.165, 1.54) is 19.4 Å². The van der Waals surface area contributed by atoms with Crippen LogP contribution in [0.25, 0.3) is 21.7 Å². The molecule has 19 heteroatoms. The highest BCUT2D eigenvalue weighted by Crippen LogP contribution is 2.20. The van der Waals surface area contributed by atoms with Crippen LogP contribution in [0.4, 0.5) is 0 Å². The first-order valence-electron chi connectivity index (χ1n) is 21.2. The number of amides is 8. The molecule has 2 aromatic heterocycles. The molecule has 0 bridgehead atoms. The summed E-state index contributed by atoms with van der Waals surface area (Å²) in [6, 6.07) is 15.8. The highest BCUT2D eigenvalue weighted by molar-refractivity contribution is 5.97. The van der Waals surface area contributed by atoms with Gasteiger partial charge in [-0.15, -0.1) is 0 Å². The van der Waals surface area contributed by atoms with E-state index >= 15 is 0 Å². The van der Waals surface area contributed by atoms with Gasteiger partial charge in [0.05, 0.1) is 25.1 Å². The maximum atomic E-state index is 14.3. The molecule has 6 rings (SSSR count). The van der Waals surface area contributed by atoms with Gasteiger partial charge < -0.3 is 52.5 Å². The first kappa shape index (κ1) is 45.9. The molecule has 0 aliphatic carbocycles. The number of H-pyrrole nitrogens is 2. The van der Waals surface area contributed by atoms with Crippen molar-refractivity contribution in [3.8, 4) is 0 Å². The molecule has 5 aromatic rings. The average molecular weight is 876 g/mol. The van der Waals surface area contributed by atoms with Gasteiger partial charge in [-0.1, -0.05) is 60.7 Å². The fraction of sp³-hybridized carbons (Fsp3) is 0.356. The fourth-order valence-corrected chi connectivity index (χ4v) is 7.34. The number of hydrogen-bond donors (Lipinski definition) is 10. The molecule has 0 saturated carbocycles. The molecule has 1 fully saturated rings. The first-order valence-corrected chi connectivity index (χ1v) is 21.2. The van der Waals surface area contributed by atoms with E-state index < -0.39 is 84.5 Å². The highest BCUT2D eigenvalue weighted by atomic mass is 16.2. The van der Waals surface area contributed by atoms with Crippen molar-refractivity contribution in [3.05, 3.63) is 102 Å². The molecule has 0 spiro atoms. The maximum Gasteiger partial charge on any atom is 0.243 e. The van der Waals surface area contributed by atoms with Crippen LogP contribution in [0.5, 0.6) is 0 Å². The summed E-state index contributed by atoms with van der Waals surface area (Å²) in [5.74, 6) is -4.98. The third-order valence-corrected chi connectivity index (χ3v) is 10.7. The van der Waals surface area contributed by atoms with Crippen molar-refractivity contribution in [1.82, 2.24) is 57.5 Å². The standard InChI is InChI=1S/C45H53N11O8/c1-27(57)49-24-40(59)53-35-14-15-39(58)47-16-6-7-17-48-42(61)37(20-31-22-50-34-11-5-4-10-33(31)34)54-41(60)25-51-43(62)36(19-28-12-13-29-8-2-3-9-30(29)18-28)55-45(64)38(56-44(35)63)21-32-23-46-26-52-32/h2-5,8-13,18,22-23,26,35-38,50H,6-7,14-17,19-21,24-25H2,1H3,(H,46,52)(H,47,58)(H,48,61)(H,49,57)(H,51,62)(H,53,59)(H,54,60)(H,55,64)(H,56,63)/t35-,36+,37+,38-/m0/s1. The van der Waals surface area contributed by atoms with Gasteiger partial charge in [0.1, 0.15) is 24.2 Å². The van der Waals surface area contributed by atoms with Crippen LogP contribution in [0, 0.1) is 0 Å². The SMILES string of the molecule is CC(=O)NCC(=O)N[C@H]1CCC(=O)NCCCCNC(=O)[C@@H](Cc2c[nH]c3ccccc23)NC(=O)CNC(=O)[C@@H](Cc2ccc3ccccc3c2)NC(=O)[C@H](Cc2c[nH]cn2)NC1=O. The topological polar surface area (TPSA) is 277 Å². The van der Waals surface area contributed by atoms with Crippen molar-refractivity contribution < 1.29 is 38.4 Å². The molecule has 10 N–H and O–H groups in total. The Morgan fingerprint density at radius 3 is 2.19 bits per heavy atom. The monoisotopic (exact) mass is 875 g/mol. The average Bonchev–Trinajstić information content (AvgIpc) is 3.96. The minimum atomic E-state index is -1.35. The van der Waals surface area contributed by atoms with Gasteiger partial charge >= 0.3 is 0 Å². The number of hydrogen-bond acceptors (Lipinski definition) is 9. The zero-order valence-corrected chi connectivity index (χ0v) is 35.4. The second-order valence-corrected chi connectivity index (χ2v) is 15.6. The number of nitrogens with one attached hydrogen (secondary N) is 10. The Bertz CT molecular complexity index is 2470. The molecule has 64 heavy (non-hydrogen) atoms. The number of nitrogens with zero attached hydrogens (tertiary/aromatic N) is 1. The summed E-state index contributed by atoms with van der Waals surface area (Å²) in [6.07, 6.45) is 5.31. The van der Waals surface area contributed by atoms with Gasteiger partial charge in [0.25, 0.3) is 0 Å². The second kappa shape index (κ2) is 22.5. The number of aromatic amines is 2. The smallest absolute Gasteiger partial charge is 0.243 e. The van der Waals surface area contributed by atoms with Crippen molar-refractivity contribution in [2.75, 3.05) is 26.2 Å². The fourth-order valence-electron chi connectivity index (χ4n) is 7.34. The molecule has 4 atom stereocenters. The van der Waals surface area contributed by atoms with Gasteiger partial charge in [0.2, 0.25) is 47.3 Å². The van der Waals surface area contributed by atoms with Gasteiger partial charge in [-0.05, 0) is 47.2 Å². The Hall–Kier alpha value is -7.57.